The van der Waals surface area contributed by atoms with Gasteiger partial charge < -0.3 is 10.1 Å². The van der Waals surface area contributed by atoms with Gasteiger partial charge in [-0.1, -0.05) is 30.3 Å². The number of carbonyl (C=O) groups is 1. The molecule has 2 aliphatic rings. The first-order valence-electron chi connectivity index (χ1n) is 10.3. The number of hydrogen-bond donors (Lipinski definition) is 1. The molecule has 7 heteroatoms. The number of nitrogens with one attached hydrogen (secondary N) is 1. The van der Waals surface area contributed by atoms with Crippen molar-refractivity contribution in [2.24, 2.45) is 10.1 Å². The number of thiazole rings is 1. The van der Waals surface area contributed by atoms with E-state index in [1.54, 1.807) is 17.4 Å². The van der Waals surface area contributed by atoms with E-state index in [1.165, 1.54) is 11.1 Å². The summed E-state index contributed by atoms with van der Waals surface area (Å²) in [4.78, 5) is 17.2. The Morgan fingerprint density at radius 2 is 2.13 bits per heavy atom. The fourth-order valence-electron chi connectivity index (χ4n) is 3.91. The molecule has 1 aliphatic heterocycles. The van der Waals surface area contributed by atoms with Crippen LogP contribution in [0.1, 0.15) is 24.0 Å². The van der Waals surface area contributed by atoms with Gasteiger partial charge in [0.05, 0.1) is 23.6 Å². The van der Waals surface area contributed by atoms with Gasteiger partial charge in [0, 0.05) is 16.5 Å². The third-order valence-corrected chi connectivity index (χ3v) is 6.21. The molecule has 31 heavy (non-hydrogen) atoms. The average Bonchev–Trinajstić information content (AvgIpc) is 3.19. The smallest absolute Gasteiger partial charge is 0.262 e. The molecule has 1 aliphatic carbocycles. The Bertz CT molecular complexity index is 1270. The maximum atomic E-state index is 11.8. The summed E-state index contributed by atoms with van der Waals surface area (Å²) in [5.74, 6) is 0.526. The van der Waals surface area contributed by atoms with Gasteiger partial charge in [0.2, 0.25) is 4.80 Å². The summed E-state index contributed by atoms with van der Waals surface area (Å²) >= 11 is 1.54. The van der Waals surface area contributed by atoms with Crippen LogP contribution in [-0.4, -0.2) is 29.4 Å². The van der Waals surface area contributed by atoms with E-state index >= 15 is 0 Å². The van der Waals surface area contributed by atoms with E-state index in [2.05, 4.69) is 41.2 Å². The van der Waals surface area contributed by atoms with E-state index in [4.69, 9.17) is 9.84 Å². The molecule has 0 atom stereocenters. The number of nitrogens with zero attached hydrogens (tertiary/aromatic N) is 3. The van der Waals surface area contributed by atoms with Crippen LogP contribution in [0.3, 0.4) is 0 Å². The first kappa shape index (κ1) is 19.5. The normalized spacial score (nSPS) is 17.0. The third-order valence-electron chi connectivity index (χ3n) is 5.36. The number of hydrogen-bond acceptors (Lipinski definition) is 5. The van der Waals surface area contributed by atoms with Crippen molar-refractivity contribution in [3.05, 3.63) is 76.4 Å². The molecule has 0 bridgehead atoms. The number of aromatic nitrogens is 1. The van der Waals surface area contributed by atoms with Gasteiger partial charge in [0.1, 0.15) is 5.75 Å². The molecule has 0 spiro atoms. The molecule has 2 heterocycles. The molecule has 1 amide bonds. The molecule has 1 aromatic heterocycles. The zero-order valence-electron chi connectivity index (χ0n) is 17.0. The summed E-state index contributed by atoms with van der Waals surface area (Å²) in [5.41, 5.74) is 6.14. The van der Waals surface area contributed by atoms with Crippen LogP contribution in [0.25, 0.3) is 11.3 Å². The minimum absolute atomic E-state index is 0.0441. The molecule has 0 saturated heterocycles. The first-order valence-corrected chi connectivity index (χ1v) is 11.2. The second-order valence-corrected chi connectivity index (χ2v) is 8.29. The van der Waals surface area contributed by atoms with Crippen LogP contribution in [0.5, 0.6) is 5.75 Å². The van der Waals surface area contributed by atoms with Gasteiger partial charge in [0.25, 0.3) is 5.91 Å². The van der Waals surface area contributed by atoms with Crippen LogP contribution in [0.4, 0.5) is 5.69 Å². The highest BCUT2D eigenvalue weighted by Gasteiger charge is 2.19. The number of ether oxygens (including phenoxy) is 1. The van der Waals surface area contributed by atoms with E-state index in [9.17, 15) is 4.79 Å². The van der Waals surface area contributed by atoms with Gasteiger partial charge in [-0.05, 0) is 43.0 Å². The number of benzene rings is 2. The second-order valence-electron chi connectivity index (χ2n) is 7.45. The van der Waals surface area contributed by atoms with E-state index in [0.29, 0.717) is 18.0 Å². The minimum atomic E-state index is -0.149. The van der Waals surface area contributed by atoms with Gasteiger partial charge in [-0.25, -0.2) is 4.68 Å². The molecule has 2 aromatic carbocycles. The van der Waals surface area contributed by atoms with Crippen LogP contribution < -0.4 is 14.9 Å². The Kier molecular flexibility index (Phi) is 5.26. The predicted molar refractivity (Wildman–Crippen MR) is 124 cm³/mol. The van der Waals surface area contributed by atoms with Crippen molar-refractivity contribution < 1.29 is 9.53 Å². The van der Waals surface area contributed by atoms with Crippen molar-refractivity contribution in [2.75, 3.05) is 18.5 Å². The van der Waals surface area contributed by atoms with E-state index in [1.807, 2.05) is 28.3 Å². The van der Waals surface area contributed by atoms with Gasteiger partial charge in [-0.2, -0.15) is 5.10 Å². The van der Waals surface area contributed by atoms with Crippen LogP contribution in [0.2, 0.25) is 0 Å². The standard InChI is InChI=1S/C24H22N4O2S/c1-2-12-25-24-28(27-19-9-5-7-16-6-3-4-8-18(16)19)21(15-31-24)17-10-11-22-20(13-17)26-23(29)14-30-22/h2-4,6,8,10-11,13,15H,1,5,7,9,12,14H2,(H,26,29). The van der Waals surface area contributed by atoms with E-state index in [-0.39, 0.29) is 12.5 Å². The van der Waals surface area contributed by atoms with Gasteiger partial charge in [-0.15, -0.1) is 17.9 Å². The number of amides is 1. The molecule has 3 aromatic rings. The lowest BCUT2D eigenvalue weighted by atomic mass is 9.90. The van der Waals surface area contributed by atoms with Crippen molar-refractivity contribution in [3.8, 4) is 17.0 Å². The van der Waals surface area contributed by atoms with Gasteiger partial charge in [-0.3, -0.25) is 9.79 Å². The fourth-order valence-corrected chi connectivity index (χ4v) is 4.75. The maximum Gasteiger partial charge on any atom is 0.262 e. The molecular weight excluding hydrogens is 408 g/mol. The Hall–Kier alpha value is -3.45. The topological polar surface area (TPSA) is 68.0 Å². The fraction of sp³-hybridized carbons (Fsp3) is 0.208. The Morgan fingerprint density at radius 3 is 3.03 bits per heavy atom. The lowest BCUT2D eigenvalue weighted by Gasteiger charge is -2.19. The highest BCUT2D eigenvalue weighted by Crippen LogP contribution is 2.33. The zero-order valence-corrected chi connectivity index (χ0v) is 17.8. The number of rotatable bonds is 4. The lowest BCUT2D eigenvalue weighted by molar-refractivity contribution is -0.118. The monoisotopic (exact) mass is 430 g/mol. The summed E-state index contributed by atoms with van der Waals surface area (Å²) < 4.78 is 7.42. The van der Waals surface area contributed by atoms with E-state index in [0.717, 1.165) is 41.0 Å². The van der Waals surface area contributed by atoms with Crippen LogP contribution in [0, 0.1) is 0 Å². The highest BCUT2D eigenvalue weighted by atomic mass is 32.1. The second kappa shape index (κ2) is 8.35. The Balaban J connectivity index is 1.64. The summed E-state index contributed by atoms with van der Waals surface area (Å²) in [6.45, 7) is 4.35. The van der Waals surface area contributed by atoms with Crippen LogP contribution in [0.15, 0.2) is 70.6 Å². The largest absolute Gasteiger partial charge is 0.482 e. The number of carbonyl (C=O) groups excluding carboxylic acids is 1. The lowest BCUT2D eigenvalue weighted by Crippen LogP contribution is -2.25. The molecule has 5 rings (SSSR count). The predicted octanol–water partition coefficient (Wildman–Crippen LogP) is 4.22. The summed E-state index contributed by atoms with van der Waals surface area (Å²) in [7, 11) is 0. The van der Waals surface area contributed by atoms with Crippen LogP contribution in [-0.2, 0) is 11.2 Å². The summed E-state index contributed by atoms with van der Waals surface area (Å²) in [6, 6.07) is 14.3. The maximum absolute atomic E-state index is 11.8. The van der Waals surface area contributed by atoms with Crippen molar-refractivity contribution in [3.63, 3.8) is 0 Å². The van der Waals surface area contributed by atoms with Gasteiger partial charge >= 0.3 is 0 Å². The summed E-state index contributed by atoms with van der Waals surface area (Å²) in [5, 5.41) is 10.0. The molecule has 6 nitrogen and oxygen atoms in total. The SMILES string of the molecule is C=CCN=c1scc(-c2ccc3c(c2)NC(=O)CO3)n1N=C1CCCc2ccccc21. The molecule has 0 saturated carbocycles. The summed E-state index contributed by atoms with van der Waals surface area (Å²) in [6.07, 6.45) is 4.86. The molecule has 156 valence electrons. The van der Waals surface area contributed by atoms with Crippen molar-refractivity contribution >= 4 is 28.6 Å². The molecule has 0 radical (unpaired) electrons. The number of fused-ring (bicyclic) bond motifs is 2. The quantitative estimate of drug-likeness (QED) is 0.630. The number of anilines is 1. The first-order chi connectivity index (χ1) is 15.2. The van der Waals surface area contributed by atoms with Crippen molar-refractivity contribution in [1.29, 1.82) is 0 Å². The highest BCUT2D eigenvalue weighted by molar-refractivity contribution is 7.07. The molecule has 0 fully saturated rings. The average molecular weight is 431 g/mol. The molecular formula is C24H22N4O2S. The van der Waals surface area contributed by atoms with Crippen molar-refractivity contribution in [1.82, 2.24) is 4.68 Å². The van der Waals surface area contributed by atoms with Crippen molar-refractivity contribution in [2.45, 2.75) is 19.3 Å². The Morgan fingerprint density at radius 1 is 1.23 bits per heavy atom. The number of aryl methyl sites for hydroxylation is 1. The van der Waals surface area contributed by atoms with E-state index < -0.39 is 0 Å². The zero-order chi connectivity index (χ0) is 21.2. The minimum Gasteiger partial charge on any atom is -0.482 e. The Labute approximate surface area is 184 Å². The molecule has 0 unspecified atom stereocenters. The van der Waals surface area contributed by atoms with Crippen LogP contribution >= 0.6 is 11.3 Å². The third kappa shape index (κ3) is 3.84. The molecule has 1 N–H and O–H groups in total. The van der Waals surface area contributed by atoms with Gasteiger partial charge in [0.15, 0.2) is 6.61 Å².